The van der Waals surface area contributed by atoms with Crippen molar-refractivity contribution in [2.75, 3.05) is 6.54 Å². The molecule has 0 bridgehead atoms. The Bertz CT molecular complexity index is 191. The average Bonchev–Trinajstić information content (AvgIpc) is 2.47. The van der Waals surface area contributed by atoms with Gasteiger partial charge in [-0.05, 0) is 19.3 Å². The number of rotatable bonds is 2. The highest BCUT2D eigenvalue weighted by atomic mass is 16.5. The van der Waals surface area contributed by atoms with Crippen LogP contribution in [0, 0.1) is 0 Å². The lowest BCUT2D eigenvalue weighted by molar-refractivity contribution is 0.149. The first-order valence-corrected chi connectivity index (χ1v) is 4.83. The predicted octanol–water partition coefficient (Wildman–Crippen LogP) is 1.08. The van der Waals surface area contributed by atoms with Gasteiger partial charge < -0.3 is 10.5 Å². The Labute approximate surface area is 73.0 Å². The molecule has 2 atom stereocenters. The van der Waals surface area contributed by atoms with Crippen LogP contribution in [-0.4, -0.2) is 24.6 Å². The third kappa shape index (κ3) is 1.46. The molecule has 0 radical (unpaired) electrons. The van der Waals surface area contributed by atoms with E-state index in [2.05, 4.69) is 4.99 Å². The number of nitrogens with two attached hydrogens (primary N) is 1. The summed E-state index contributed by atoms with van der Waals surface area (Å²) in [5, 5.41) is 0. The first-order valence-electron chi connectivity index (χ1n) is 4.83. The van der Waals surface area contributed by atoms with E-state index in [4.69, 9.17) is 10.5 Å². The van der Waals surface area contributed by atoms with Crippen molar-refractivity contribution in [3.8, 4) is 0 Å². The summed E-state index contributed by atoms with van der Waals surface area (Å²) in [5.74, 6) is 0.898. The zero-order valence-electron chi connectivity index (χ0n) is 7.33. The molecule has 12 heavy (non-hydrogen) atoms. The number of hydrogen-bond donors (Lipinski definition) is 1. The van der Waals surface area contributed by atoms with E-state index in [1.54, 1.807) is 0 Å². The maximum atomic E-state index is 5.68. The number of nitrogens with zero attached hydrogens (tertiary/aromatic N) is 1. The molecule has 2 unspecified atom stereocenters. The van der Waals surface area contributed by atoms with Crippen molar-refractivity contribution < 1.29 is 4.74 Å². The molecule has 3 heteroatoms. The zero-order chi connectivity index (χ0) is 8.39. The summed E-state index contributed by atoms with van der Waals surface area (Å²) < 4.78 is 5.68. The van der Waals surface area contributed by atoms with Crippen molar-refractivity contribution in [3.63, 3.8) is 0 Å². The maximum absolute atomic E-state index is 5.68. The Balaban J connectivity index is 1.94. The SMILES string of the molecule is NCCC1=NC2CCCCC2O1. The van der Waals surface area contributed by atoms with E-state index in [1.165, 1.54) is 25.7 Å². The highest BCUT2D eigenvalue weighted by Gasteiger charge is 2.32. The van der Waals surface area contributed by atoms with Crippen LogP contribution in [0.25, 0.3) is 0 Å². The van der Waals surface area contributed by atoms with Gasteiger partial charge in [0.2, 0.25) is 0 Å². The van der Waals surface area contributed by atoms with E-state index in [1.807, 2.05) is 0 Å². The second kappa shape index (κ2) is 3.44. The second-order valence-electron chi connectivity index (χ2n) is 3.57. The first kappa shape index (κ1) is 8.05. The van der Waals surface area contributed by atoms with E-state index < -0.39 is 0 Å². The Morgan fingerprint density at radius 3 is 3.00 bits per heavy atom. The molecule has 0 saturated heterocycles. The molecule has 1 aliphatic heterocycles. The van der Waals surface area contributed by atoms with Gasteiger partial charge >= 0.3 is 0 Å². The lowest BCUT2D eigenvalue weighted by atomic mass is 9.94. The maximum Gasteiger partial charge on any atom is 0.185 e. The van der Waals surface area contributed by atoms with Crippen LogP contribution < -0.4 is 5.73 Å². The lowest BCUT2D eigenvalue weighted by Gasteiger charge is -2.21. The highest BCUT2D eigenvalue weighted by Crippen LogP contribution is 2.28. The molecule has 1 heterocycles. The first-order chi connectivity index (χ1) is 5.90. The molecule has 0 aromatic rings. The van der Waals surface area contributed by atoms with Crippen molar-refractivity contribution in [2.24, 2.45) is 10.7 Å². The molecule has 0 amide bonds. The molecule has 1 saturated carbocycles. The minimum atomic E-state index is 0.389. The van der Waals surface area contributed by atoms with Crippen molar-refractivity contribution in [1.29, 1.82) is 0 Å². The van der Waals surface area contributed by atoms with Crippen LogP contribution in [0.3, 0.4) is 0 Å². The Hall–Kier alpha value is -0.570. The number of hydrogen-bond acceptors (Lipinski definition) is 3. The fraction of sp³-hybridized carbons (Fsp3) is 0.889. The number of ether oxygens (including phenoxy) is 1. The summed E-state index contributed by atoms with van der Waals surface area (Å²) in [6, 6.07) is 0.459. The lowest BCUT2D eigenvalue weighted by Crippen LogP contribution is -2.26. The summed E-state index contributed by atoms with van der Waals surface area (Å²) in [5.41, 5.74) is 5.44. The third-order valence-electron chi connectivity index (χ3n) is 2.62. The molecule has 0 spiro atoms. The third-order valence-corrected chi connectivity index (χ3v) is 2.62. The monoisotopic (exact) mass is 168 g/mol. The number of aliphatic imine (C=N–C) groups is 1. The molecular weight excluding hydrogens is 152 g/mol. The zero-order valence-corrected chi connectivity index (χ0v) is 7.33. The van der Waals surface area contributed by atoms with Gasteiger partial charge in [0.15, 0.2) is 5.90 Å². The van der Waals surface area contributed by atoms with E-state index in [0.717, 1.165) is 12.3 Å². The van der Waals surface area contributed by atoms with Crippen molar-refractivity contribution in [2.45, 2.75) is 44.2 Å². The normalized spacial score (nSPS) is 33.9. The van der Waals surface area contributed by atoms with Gasteiger partial charge in [0.25, 0.3) is 0 Å². The van der Waals surface area contributed by atoms with Gasteiger partial charge in [0.05, 0.1) is 6.04 Å². The van der Waals surface area contributed by atoms with Gasteiger partial charge in [-0.15, -0.1) is 0 Å². The minimum absolute atomic E-state index is 0.389. The Kier molecular flexibility index (Phi) is 2.30. The molecule has 2 aliphatic rings. The highest BCUT2D eigenvalue weighted by molar-refractivity contribution is 5.78. The molecule has 3 nitrogen and oxygen atoms in total. The van der Waals surface area contributed by atoms with Gasteiger partial charge in [0, 0.05) is 13.0 Å². The van der Waals surface area contributed by atoms with Gasteiger partial charge in [-0.1, -0.05) is 6.42 Å². The molecular formula is C9H16N2O. The largest absolute Gasteiger partial charge is 0.475 e. The minimum Gasteiger partial charge on any atom is -0.475 e. The molecule has 1 aliphatic carbocycles. The average molecular weight is 168 g/mol. The Morgan fingerprint density at radius 1 is 1.42 bits per heavy atom. The fourth-order valence-electron chi connectivity index (χ4n) is 2.00. The van der Waals surface area contributed by atoms with Crippen molar-refractivity contribution >= 4 is 5.90 Å². The molecule has 0 aromatic heterocycles. The van der Waals surface area contributed by atoms with Gasteiger partial charge in [0.1, 0.15) is 6.10 Å². The summed E-state index contributed by atoms with van der Waals surface area (Å²) in [4.78, 5) is 4.51. The number of fused-ring (bicyclic) bond motifs is 1. The fourth-order valence-corrected chi connectivity index (χ4v) is 2.00. The molecule has 0 aromatic carbocycles. The topological polar surface area (TPSA) is 47.6 Å². The van der Waals surface area contributed by atoms with Crippen LogP contribution in [0.4, 0.5) is 0 Å². The predicted molar refractivity (Wildman–Crippen MR) is 48.2 cm³/mol. The van der Waals surface area contributed by atoms with E-state index in [-0.39, 0.29) is 0 Å². The van der Waals surface area contributed by atoms with Gasteiger partial charge in [-0.3, -0.25) is 0 Å². The van der Waals surface area contributed by atoms with Crippen LogP contribution in [0.1, 0.15) is 32.1 Å². The smallest absolute Gasteiger partial charge is 0.185 e. The second-order valence-corrected chi connectivity index (χ2v) is 3.57. The van der Waals surface area contributed by atoms with Crippen LogP contribution >= 0.6 is 0 Å². The Morgan fingerprint density at radius 2 is 2.25 bits per heavy atom. The van der Waals surface area contributed by atoms with Crippen LogP contribution in [0.5, 0.6) is 0 Å². The van der Waals surface area contributed by atoms with Crippen LogP contribution in [0.2, 0.25) is 0 Å². The standard InChI is InChI=1S/C9H16N2O/c10-6-5-9-11-7-3-1-2-4-8(7)12-9/h7-8H,1-6,10H2. The van der Waals surface area contributed by atoms with Crippen molar-refractivity contribution in [3.05, 3.63) is 0 Å². The van der Waals surface area contributed by atoms with E-state index in [9.17, 15) is 0 Å². The summed E-state index contributed by atoms with van der Waals surface area (Å²) in [7, 11) is 0. The van der Waals surface area contributed by atoms with Gasteiger partial charge in [-0.2, -0.15) is 0 Å². The van der Waals surface area contributed by atoms with Gasteiger partial charge in [-0.25, -0.2) is 4.99 Å². The molecule has 2 N–H and O–H groups in total. The summed E-state index contributed by atoms with van der Waals surface area (Å²) in [6.07, 6.45) is 6.20. The summed E-state index contributed by atoms with van der Waals surface area (Å²) >= 11 is 0. The summed E-state index contributed by atoms with van der Waals surface area (Å²) in [6.45, 7) is 0.651. The van der Waals surface area contributed by atoms with Crippen LogP contribution in [-0.2, 0) is 4.74 Å². The van der Waals surface area contributed by atoms with Crippen molar-refractivity contribution in [1.82, 2.24) is 0 Å². The van der Waals surface area contributed by atoms with E-state index in [0.29, 0.717) is 18.7 Å². The molecule has 2 rings (SSSR count). The van der Waals surface area contributed by atoms with Crippen LogP contribution in [0.15, 0.2) is 4.99 Å². The van der Waals surface area contributed by atoms with E-state index >= 15 is 0 Å². The quantitative estimate of drug-likeness (QED) is 0.670. The molecule has 68 valence electrons. The molecule has 1 fully saturated rings.